The van der Waals surface area contributed by atoms with Gasteiger partial charge in [0.25, 0.3) is 0 Å². The molecule has 5 heteroatoms. The average Bonchev–Trinajstić information content (AvgIpc) is 2.79. The number of carbonyl (C=O) groups excluding carboxylic acids is 2. The van der Waals surface area contributed by atoms with Crippen LogP contribution in [0.2, 0.25) is 0 Å². The molecule has 3 N–H and O–H groups in total. The van der Waals surface area contributed by atoms with Gasteiger partial charge in [0, 0.05) is 31.7 Å². The summed E-state index contributed by atoms with van der Waals surface area (Å²) in [6, 6.07) is 9.40. The molecule has 1 heterocycles. The fourth-order valence-electron chi connectivity index (χ4n) is 2.08. The van der Waals surface area contributed by atoms with Crippen LogP contribution in [0.5, 0.6) is 0 Å². The molecular weight excluding hydrogens is 230 g/mol. The Morgan fingerprint density at radius 3 is 2.78 bits per heavy atom. The maximum Gasteiger partial charge on any atom is 0.227 e. The van der Waals surface area contributed by atoms with Crippen LogP contribution in [0.3, 0.4) is 0 Å². The van der Waals surface area contributed by atoms with Gasteiger partial charge in [0.05, 0.1) is 5.92 Å². The molecule has 0 aliphatic carbocycles. The van der Waals surface area contributed by atoms with Crippen LogP contribution in [0.4, 0.5) is 5.69 Å². The number of anilines is 1. The molecule has 1 atom stereocenters. The van der Waals surface area contributed by atoms with Crippen molar-refractivity contribution in [2.75, 3.05) is 24.5 Å². The van der Waals surface area contributed by atoms with E-state index >= 15 is 0 Å². The zero-order chi connectivity index (χ0) is 13.0. The molecule has 1 saturated heterocycles. The average molecular weight is 247 g/mol. The SMILES string of the molecule is NCCNC(=O)C1CC(=O)N(c2ccccc2)C1. The molecule has 2 amide bonds. The topological polar surface area (TPSA) is 75.4 Å². The molecule has 0 spiro atoms. The maximum atomic E-state index is 11.9. The van der Waals surface area contributed by atoms with Crippen LogP contribution >= 0.6 is 0 Å². The highest BCUT2D eigenvalue weighted by Gasteiger charge is 2.34. The summed E-state index contributed by atoms with van der Waals surface area (Å²) < 4.78 is 0. The van der Waals surface area contributed by atoms with Crippen LogP contribution in [-0.4, -0.2) is 31.4 Å². The van der Waals surface area contributed by atoms with Gasteiger partial charge in [0.15, 0.2) is 0 Å². The number of nitrogens with two attached hydrogens (primary N) is 1. The summed E-state index contributed by atoms with van der Waals surface area (Å²) in [5, 5.41) is 2.72. The predicted octanol–water partition coefficient (Wildman–Crippen LogP) is 0.114. The van der Waals surface area contributed by atoms with Gasteiger partial charge >= 0.3 is 0 Å². The van der Waals surface area contributed by atoms with E-state index in [2.05, 4.69) is 5.32 Å². The molecule has 2 rings (SSSR count). The van der Waals surface area contributed by atoms with Gasteiger partial charge in [0.1, 0.15) is 0 Å². The lowest BCUT2D eigenvalue weighted by Gasteiger charge is -2.16. The fourth-order valence-corrected chi connectivity index (χ4v) is 2.08. The Hall–Kier alpha value is -1.88. The van der Waals surface area contributed by atoms with Crippen LogP contribution in [-0.2, 0) is 9.59 Å². The molecule has 1 aliphatic rings. The highest BCUT2D eigenvalue weighted by atomic mass is 16.2. The second kappa shape index (κ2) is 5.64. The number of benzene rings is 1. The minimum atomic E-state index is -0.274. The normalized spacial score (nSPS) is 19.1. The van der Waals surface area contributed by atoms with Crippen molar-refractivity contribution in [1.29, 1.82) is 0 Å². The first-order valence-corrected chi connectivity index (χ1v) is 6.05. The first-order valence-electron chi connectivity index (χ1n) is 6.05. The number of amides is 2. The summed E-state index contributed by atoms with van der Waals surface area (Å²) in [5.74, 6) is -0.370. The molecule has 5 nitrogen and oxygen atoms in total. The lowest BCUT2D eigenvalue weighted by atomic mass is 10.1. The monoisotopic (exact) mass is 247 g/mol. The van der Waals surface area contributed by atoms with Gasteiger partial charge in [-0.1, -0.05) is 18.2 Å². The Bertz CT molecular complexity index is 433. The Morgan fingerprint density at radius 2 is 2.11 bits per heavy atom. The Labute approximate surface area is 106 Å². The van der Waals surface area contributed by atoms with E-state index in [1.54, 1.807) is 4.90 Å². The third-order valence-electron chi connectivity index (χ3n) is 3.01. The van der Waals surface area contributed by atoms with Crippen molar-refractivity contribution in [3.05, 3.63) is 30.3 Å². The van der Waals surface area contributed by atoms with E-state index in [9.17, 15) is 9.59 Å². The zero-order valence-electron chi connectivity index (χ0n) is 10.1. The van der Waals surface area contributed by atoms with Crippen molar-refractivity contribution in [1.82, 2.24) is 5.32 Å². The third kappa shape index (κ3) is 2.68. The molecular formula is C13H17N3O2. The van der Waals surface area contributed by atoms with Gasteiger partial charge in [0.2, 0.25) is 11.8 Å². The van der Waals surface area contributed by atoms with Gasteiger partial charge in [-0.2, -0.15) is 0 Å². The quantitative estimate of drug-likeness (QED) is 0.793. The van der Waals surface area contributed by atoms with E-state index < -0.39 is 0 Å². The number of hydrogen-bond acceptors (Lipinski definition) is 3. The maximum absolute atomic E-state index is 11.9. The van der Waals surface area contributed by atoms with Gasteiger partial charge in [-0.05, 0) is 12.1 Å². The van der Waals surface area contributed by atoms with Crippen LogP contribution < -0.4 is 16.0 Å². The molecule has 18 heavy (non-hydrogen) atoms. The van der Waals surface area contributed by atoms with E-state index in [0.717, 1.165) is 5.69 Å². The molecule has 0 bridgehead atoms. The van der Waals surface area contributed by atoms with E-state index in [1.165, 1.54) is 0 Å². The summed E-state index contributed by atoms with van der Waals surface area (Å²) >= 11 is 0. The Kier molecular flexibility index (Phi) is 3.94. The molecule has 1 aromatic carbocycles. The molecule has 96 valence electrons. The van der Waals surface area contributed by atoms with E-state index in [0.29, 0.717) is 19.6 Å². The summed E-state index contributed by atoms with van der Waals surface area (Å²) in [6.45, 7) is 1.31. The smallest absolute Gasteiger partial charge is 0.227 e. The van der Waals surface area contributed by atoms with Gasteiger partial charge in [-0.25, -0.2) is 0 Å². The van der Waals surface area contributed by atoms with Gasteiger partial charge < -0.3 is 16.0 Å². The largest absolute Gasteiger partial charge is 0.355 e. The van der Waals surface area contributed by atoms with E-state index in [4.69, 9.17) is 5.73 Å². The summed E-state index contributed by atoms with van der Waals surface area (Å²) in [7, 11) is 0. The van der Waals surface area contributed by atoms with Gasteiger partial charge in [-0.15, -0.1) is 0 Å². The van der Waals surface area contributed by atoms with Gasteiger partial charge in [-0.3, -0.25) is 9.59 Å². The summed E-state index contributed by atoms with van der Waals surface area (Å²) in [5.41, 5.74) is 6.17. The molecule has 0 radical (unpaired) electrons. The molecule has 0 aromatic heterocycles. The number of hydrogen-bond donors (Lipinski definition) is 2. The first kappa shape index (κ1) is 12.6. The van der Waals surface area contributed by atoms with Crippen molar-refractivity contribution < 1.29 is 9.59 Å². The Balaban J connectivity index is 2.01. The number of carbonyl (C=O) groups is 2. The van der Waals surface area contributed by atoms with Crippen molar-refractivity contribution in [3.8, 4) is 0 Å². The highest BCUT2D eigenvalue weighted by Crippen LogP contribution is 2.24. The summed E-state index contributed by atoms with van der Waals surface area (Å²) in [6.07, 6.45) is 0.269. The number of nitrogens with one attached hydrogen (secondary N) is 1. The highest BCUT2D eigenvalue weighted by molar-refractivity contribution is 6.00. The van der Waals surface area contributed by atoms with Crippen molar-refractivity contribution in [2.24, 2.45) is 11.7 Å². The van der Waals surface area contributed by atoms with Crippen LogP contribution in [0.1, 0.15) is 6.42 Å². The first-order chi connectivity index (χ1) is 8.72. The minimum absolute atomic E-state index is 0.00546. The molecule has 1 fully saturated rings. The second-order valence-electron chi connectivity index (χ2n) is 4.32. The fraction of sp³-hybridized carbons (Fsp3) is 0.385. The minimum Gasteiger partial charge on any atom is -0.355 e. The van der Waals surface area contributed by atoms with Crippen molar-refractivity contribution >= 4 is 17.5 Å². The lowest BCUT2D eigenvalue weighted by Crippen LogP contribution is -2.35. The van der Waals surface area contributed by atoms with E-state index in [-0.39, 0.29) is 24.2 Å². The van der Waals surface area contributed by atoms with Crippen LogP contribution in [0, 0.1) is 5.92 Å². The molecule has 0 saturated carbocycles. The van der Waals surface area contributed by atoms with Crippen molar-refractivity contribution in [2.45, 2.75) is 6.42 Å². The second-order valence-corrected chi connectivity index (χ2v) is 4.32. The zero-order valence-corrected chi connectivity index (χ0v) is 10.1. The standard InChI is InChI=1S/C13H17N3O2/c14-6-7-15-13(18)10-8-12(17)16(9-10)11-4-2-1-3-5-11/h1-5,10H,6-9,14H2,(H,15,18). The molecule has 1 unspecified atom stereocenters. The molecule has 1 aliphatic heterocycles. The summed E-state index contributed by atoms with van der Waals surface area (Å²) in [4.78, 5) is 25.3. The number of nitrogens with zero attached hydrogens (tertiary/aromatic N) is 1. The lowest BCUT2D eigenvalue weighted by molar-refractivity contribution is -0.126. The Morgan fingerprint density at radius 1 is 1.39 bits per heavy atom. The van der Waals surface area contributed by atoms with Crippen LogP contribution in [0.25, 0.3) is 0 Å². The molecule has 1 aromatic rings. The third-order valence-corrected chi connectivity index (χ3v) is 3.01. The number of para-hydroxylation sites is 1. The van der Waals surface area contributed by atoms with Crippen LogP contribution in [0.15, 0.2) is 30.3 Å². The van der Waals surface area contributed by atoms with E-state index in [1.807, 2.05) is 30.3 Å². The van der Waals surface area contributed by atoms with Crippen molar-refractivity contribution in [3.63, 3.8) is 0 Å². The predicted molar refractivity (Wildman–Crippen MR) is 69.0 cm³/mol. The number of rotatable bonds is 4.